The summed E-state index contributed by atoms with van der Waals surface area (Å²) in [6.07, 6.45) is 2.60. The van der Waals surface area contributed by atoms with Gasteiger partial charge in [-0.3, -0.25) is 0 Å². The zero-order chi connectivity index (χ0) is 13.7. The van der Waals surface area contributed by atoms with Gasteiger partial charge in [0.05, 0.1) is 18.4 Å². The molecule has 2 heterocycles. The molecule has 2 N–H and O–H groups in total. The van der Waals surface area contributed by atoms with Crippen LogP contribution < -0.4 is 15.4 Å². The van der Waals surface area contributed by atoms with Crippen LogP contribution in [0.15, 0.2) is 12.1 Å². The average Bonchev–Trinajstić information content (AvgIpc) is 2.92. The second-order valence-corrected chi connectivity index (χ2v) is 4.67. The van der Waals surface area contributed by atoms with Crippen LogP contribution in [-0.2, 0) is 4.74 Å². The van der Waals surface area contributed by atoms with Crippen molar-refractivity contribution in [3.63, 3.8) is 0 Å². The molecule has 19 heavy (non-hydrogen) atoms. The average molecular weight is 265 g/mol. The van der Waals surface area contributed by atoms with Gasteiger partial charge in [0.1, 0.15) is 5.82 Å². The second kappa shape index (κ2) is 6.61. The van der Waals surface area contributed by atoms with Gasteiger partial charge in [0.2, 0.25) is 5.88 Å². The molecule has 0 radical (unpaired) electrons. The van der Waals surface area contributed by atoms with Gasteiger partial charge in [0.15, 0.2) is 0 Å². The highest BCUT2D eigenvalue weighted by atomic mass is 16.5. The maximum absolute atomic E-state index is 5.85. The number of anilines is 2. The van der Waals surface area contributed by atoms with Gasteiger partial charge < -0.3 is 20.1 Å². The Hall–Kier alpha value is -1.49. The third kappa shape index (κ3) is 3.50. The molecule has 0 amide bonds. The first-order valence-corrected chi connectivity index (χ1v) is 7.00. The minimum absolute atomic E-state index is 0.315. The highest BCUT2D eigenvalue weighted by Gasteiger charge is 2.19. The summed E-state index contributed by atoms with van der Waals surface area (Å²) in [4.78, 5) is 6.70. The first-order valence-electron chi connectivity index (χ1n) is 7.00. The number of pyridine rings is 1. The van der Waals surface area contributed by atoms with Crippen LogP contribution in [0.4, 0.5) is 11.5 Å². The van der Waals surface area contributed by atoms with E-state index < -0.39 is 0 Å². The number of rotatable bonds is 6. The Morgan fingerprint density at radius 2 is 2.32 bits per heavy atom. The topological polar surface area (TPSA) is 60.6 Å². The molecule has 1 saturated heterocycles. The van der Waals surface area contributed by atoms with E-state index in [1.807, 2.05) is 19.1 Å². The molecule has 106 valence electrons. The van der Waals surface area contributed by atoms with E-state index in [1.54, 1.807) is 0 Å². The lowest BCUT2D eigenvalue weighted by Crippen LogP contribution is -2.32. The Morgan fingerprint density at radius 1 is 1.47 bits per heavy atom. The monoisotopic (exact) mass is 265 g/mol. The molecule has 2 rings (SSSR count). The predicted molar refractivity (Wildman–Crippen MR) is 76.7 cm³/mol. The number of ether oxygens (including phenoxy) is 2. The van der Waals surface area contributed by atoms with Crippen LogP contribution in [0.5, 0.6) is 5.88 Å². The van der Waals surface area contributed by atoms with E-state index in [2.05, 4.69) is 16.8 Å². The molecule has 1 aromatic heterocycles. The van der Waals surface area contributed by atoms with Gasteiger partial charge in [-0.25, -0.2) is 0 Å². The van der Waals surface area contributed by atoms with Gasteiger partial charge in [-0.2, -0.15) is 4.98 Å². The minimum atomic E-state index is 0.315. The normalized spacial score (nSPS) is 18.5. The lowest BCUT2D eigenvalue weighted by Gasteiger charge is -2.25. The van der Waals surface area contributed by atoms with Crippen LogP contribution in [-0.4, -0.2) is 37.4 Å². The number of nitrogen functional groups attached to an aromatic ring is 1. The van der Waals surface area contributed by atoms with Gasteiger partial charge in [-0.15, -0.1) is 0 Å². The van der Waals surface area contributed by atoms with Crippen molar-refractivity contribution in [2.24, 2.45) is 0 Å². The van der Waals surface area contributed by atoms with Crippen molar-refractivity contribution in [3.05, 3.63) is 12.1 Å². The van der Waals surface area contributed by atoms with E-state index in [-0.39, 0.29) is 0 Å². The Kier molecular flexibility index (Phi) is 4.85. The van der Waals surface area contributed by atoms with Gasteiger partial charge in [0.25, 0.3) is 0 Å². The summed E-state index contributed by atoms with van der Waals surface area (Å²) in [7, 11) is 0. The molecule has 0 aliphatic carbocycles. The first kappa shape index (κ1) is 13.9. The lowest BCUT2D eigenvalue weighted by atomic mass is 10.2. The number of nitrogens with two attached hydrogens (primary N) is 1. The standard InChI is InChI=1S/C14H23N3O2/c1-3-17(10-11-6-5-9-19-11)13-8-7-12(15)14(16-13)18-4-2/h7-8,11H,3-6,9-10,15H2,1-2H3. The van der Waals surface area contributed by atoms with Crippen LogP contribution in [0.3, 0.4) is 0 Å². The third-order valence-corrected chi connectivity index (χ3v) is 3.31. The molecule has 1 aliphatic rings. The molecule has 1 atom stereocenters. The van der Waals surface area contributed by atoms with Gasteiger partial charge in [-0.1, -0.05) is 0 Å². The second-order valence-electron chi connectivity index (χ2n) is 4.67. The van der Waals surface area contributed by atoms with Crippen molar-refractivity contribution in [1.29, 1.82) is 0 Å². The predicted octanol–water partition coefficient (Wildman–Crippen LogP) is 2.07. The van der Waals surface area contributed by atoms with Crippen LogP contribution in [0.1, 0.15) is 26.7 Å². The van der Waals surface area contributed by atoms with E-state index in [1.165, 1.54) is 0 Å². The summed E-state index contributed by atoms with van der Waals surface area (Å²) in [5.74, 6) is 1.42. The van der Waals surface area contributed by atoms with Gasteiger partial charge in [-0.05, 0) is 38.8 Å². The Morgan fingerprint density at radius 3 is 2.95 bits per heavy atom. The fourth-order valence-corrected chi connectivity index (χ4v) is 2.29. The Bertz CT molecular complexity index is 406. The summed E-state index contributed by atoms with van der Waals surface area (Å²) in [5.41, 5.74) is 6.43. The summed E-state index contributed by atoms with van der Waals surface area (Å²) in [6.45, 7) is 7.26. The molecule has 5 nitrogen and oxygen atoms in total. The molecule has 0 bridgehead atoms. The fourth-order valence-electron chi connectivity index (χ4n) is 2.29. The molecule has 0 aromatic carbocycles. The number of likely N-dealkylation sites (N-methyl/N-ethyl adjacent to an activating group) is 1. The van der Waals surface area contributed by atoms with E-state index >= 15 is 0 Å². The Labute approximate surface area is 114 Å². The van der Waals surface area contributed by atoms with Crippen molar-refractivity contribution in [3.8, 4) is 5.88 Å². The number of nitrogens with zero attached hydrogens (tertiary/aromatic N) is 2. The number of hydrogen-bond donors (Lipinski definition) is 1. The molecule has 1 aromatic rings. The molecule has 1 unspecified atom stereocenters. The lowest BCUT2D eigenvalue weighted by molar-refractivity contribution is 0.115. The van der Waals surface area contributed by atoms with E-state index in [0.717, 1.165) is 38.4 Å². The highest BCUT2D eigenvalue weighted by Crippen LogP contribution is 2.24. The maximum atomic E-state index is 5.85. The van der Waals surface area contributed by atoms with E-state index in [0.29, 0.717) is 24.3 Å². The van der Waals surface area contributed by atoms with Crippen LogP contribution >= 0.6 is 0 Å². The van der Waals surface area contributed by atoms with Gasteiger partial charge in [0, 0.05) is 19.7 Å². The van der Waals surface area contributed by atoms with Crippen molar-refractivity contribution >= 4 is 11.5 Å². The van der Waals surface area contributed by atoms with Crippen molar-refractivity contribution in [1.82, 2.24) is 4.98 Å². The summed E-state index contributed by atoms with van der Waals surface area (Å²) in [5, 5.41) is 0. The maximum Gasteiger partial charge on any atom is 0.239 e. The summed E-state index contributed by atoms with van der Waals surface area (Å²) in [6, 6.07) is 3.79. The third-order valence-electron chi connectivity index (χ3n) is 3.31. The SMILES string of the molecule is CCOc1nc(N(CC)CC2CCCO2)ccc1N. The fraction of sp³-hybridized carbons (Fsp3) is 0.643. The van der Waals surface area contributed by atoms with E-state index in [9.17, 15) is 0 Å². The first-order chi connectivity index (χ1) is 9.24. The van der Waals surface area contributed by atoms with Gasteiger partial charge >= 0.3 is 0 Å². The molecule has 0 saturated carbocycles. The molecule has 0 spiro atoms. The summed E-state index contributed by atoms with van der Waals surface area (Å²) >= 11 is 0. The quantitative estimate of drug-likeness (QED) is 0.853. The van der Waals surface area contributed by atoms with Crippen LogP contribution in [0.2, 0.25) is 0 Å². The minimum Gasteiger partial charge on any atom is -0.476 e. The molecular weight excluding hydrogens is 242 g/mol. The van der Waals surface area contributed by atoms with Crippen molar-refractivity contribution in [2.75, 3.05) is 36.9 Å². The largest absolute Gasteiger partial charge is 0.476 e. The number of aromatic nitrogens is 1. The highest BCUT2D eigenvalue weighted by molar-refractivity contribution is 5.54. The Balaban J connectivity index is 2.10. The van der Waals surface area contributed by atoms with Crippen molar-refractivity contribution < 1.29 is 9.47 Å². The molecule has 1 aliphatic heterocycles. The van der Waals surface area contributed by atoms with Crippen LogP contribution in [0, 0.1) is 0 Å². The summed E-state index contributed by atoms with van der Waals surface area (Å²) < 4.78 is 11.1. The molecular formula is C14H23N3O2. The number of hydrogen-bond acceptors (Lipinski definition) is 5. The zero-order valence-corrected chi connectivity index (χ0v) is 11.8. The van der Waals surface area contributed by atoms with Crippen molar-refractivity contribution in [2.45, 2.75) is 32.8 Å². The smallest absolute Gasteiger partial charge is 0.239 e. The molecule has 1 fully saturated rings. The van der Waals surface area contributed by atoms with E-state index in [4.69, 9.17) is 15.2 Å². The zero-order valence-electron chi connectivity index (χ0n) is 11.8. The van der Waals surface area contributed by atoms with Crippen LogP contribution in [0.25, 0.3) is 0 Å². The molecule has 5 heteroatoms.